The summed E-state index contributed by atoms with van der Waals surface area (Å²) in [5, 5.41) is 4.90. The number of rotatable bonds is 5. The van der Waals surface area contributed by atoms with Gasteiger partial charge in [-0.1, -0.05) is 31.9 Å². The van der Waals surface area contributed by atoms with Crippen LogP contribution in [0.5, 0.6) is 0 Å². The maximum Gasteiger partial charge on any atom is 0.338 e. The first-order valence-electron chi connectivity index (χ1n) is 7.95. The van der Waals surface area contributed by atoms with Crippen molar-refractivity contribution < 1.29 is 19.1 Å². The predicted octanol–water partition coefficient (Wildman–Crippen LogP) is 2.17. The molecule has 2 N–H and O–H groups in total. The van der Waals surface area contributed by atoms with Gasteiger partial charge in [0.05, 0.1) is 5.56 Å². The number of imide groups is 1. The first-order valence-corrected chi connectivity index (χ1v) is 7.95. The maximum atomic E-state index is 11.8. The van der Waals surface area contributed by atoms with Crippen molar-refractivity contribution >= 4 is 17.9 Å². The van der Waals surface area contributed by atoms with E-state index in [1.54, 1.807) is 12.1 Å². The number of ether oxygens (including phenoxy) is 1. The van der Waals surface area contributed by atoms with Gasteiger partial charge in [-0.2, -0.15) is 0 Å². The fourth-order valence-corrected chi connectivity index (χ4v) is 2.55. The number of esters is 1. The van der Waals surface area contributed by atoms with Crippen LogP contribution in [0.4, 0.5) is 4.79 Å². The van der Waals surface area contributed by atoms with Gasteiger partial charge in [-0.15, -0.1) is 0 Å². The molecular weight excluding hydrogens is 296 g/mol. The van der Waals surface area contributed by atoms with Crippen LogP contribution in [0, 0.1) is 0 Å². The summed E-state index contributed by atoms with van der Waals surface area (Å²) in [5.41, 5.74) is 1.49. The van der Waals surface area contributed by atoms with Crippen LogP contribution in [0.25, 0.3) is 0 Å². The van der Waals surface area contributed by atoms with Crippen LogP contribution in [0.15, 0.2) is 24.3 Å². The zero-order valence-corrected chi connectivity index (χ0v) is 13.3. The highest BCUT2D eigenvalue weighted by molar-refractivity contribution is 5.97. The fourth-order valence-electron chi connectivity index (χ4n) is 2.55. The van der Waals surface area contributed by atoms with Crippen LogP contribution < -0.4 is 10.6 Å². The number of carbonyl (C=O) groups excluding carboxylic acids is 3. The molecule has 1 aromatic carbocycles. The molecule has 1 aliphatic carbocycles. The van der Waals surface area contributed by atoms with E-state index in [9.17, 15) is 14.4 Å². The lowest BCUT2D eigenvalue weighted by Crippen LogP contribution is -2.44. The lowest BCUT2D eigenvalue weighted by Gasteiger charge is -2.12. The Labute approximate surface area is 135 Å². The van der Waals surface area contributed by atoms with Gasteiger partial charge in [0.25, 0.3) is 5.91 Å². The Morgan fingerprint density at radius 3 is 2.39 bits per heavy atom. The van der Waals surface area contributed by atoms with Crippen LogP contribution in [0.2, 0.25) is 0 Å². The standard InChI is InChI=1S/C17H22N2O4/c1-2-12-7-9-13(10-8-12)16(21)23-11-15(20)19-17(22)18-14-5-3-4-6-14/h7-10,14H,2-6,11H2,1H3,(H2,18,19,20,22). The number of urea groups is 1. The molecule has 6 heteroatoms. The maximum absolute atomic E-state index is 11.8. The zero-order chi connectivity index (χ0) is 16.7. The Hall–Kier alpha value is -2.37. The Balaban J connectivity index is 1.72. The first-order chi connectivity index (χ1) is 11.1. The van der Waals surface area contributed by atoms with E-state index in [2.05, 4.69) is 10.6 Å². The molecule has 0 atom stereocenters. The highest BCUT2D eigenvalue weighted by atomic mass is 16.5. The van der Waals surface area contributed by atoms with Gasteiger partial charge in [0.1, 0.15) is 0 Å². The van der Waals surface area contributed by atoms with Crippen LogP contribution in [-0.4, -0.2) is 30.6 Å². The molecule has 1 saturated carbocycles. The Morgan fingerprint density at radius 1 is 1.13 bits per heavy atom. The smallest absolute Gasteiger partial charge is 0.338 e. The molecular formula is C17H22N2O4. The van der Waals surface area contributed by atoms with Crippen molar-refractivity contribution in [2.24, 2.45) is 0 Å². The Morgan fingerprint density at radius 2 is 1.78 bits per heavy atom. The van der Waals surface area contributed by atoms with Crippen LogP contribution >= 0.6 is 0 Å². The Kier molecular flexibility index (Phi) is 6.14. The van der Waals surface area contributed by atoms with Crippen LogP contribution in [-0.2, 0) is 16.0 Å². The van der Waals surface area contributed by atoms with Crippen LogP contribution in [0.1, 0.15) is 48.5 Å². The molecule has 1 fully saturated rings. The molecule has 0 bridgehead atoms. The van der Waals surface area contributed by atoms with Gasteiger partial charge in [-0.3, -0.25) is 10.1 Å². The number of carbonyl (C=O) groups is 3. The highest BCUT2D eigenvalue weighted by Crippen LogP contribution is 2.17. The highest BCUT2D eigenvalue weighted by Gasteiger charge is 2.18. The monoisotopic (exact) mass is 318 g/mol. The minimum atomic E-state index is -0.640. The summed E-state index contributed by atoms with van der Waals surface area (Å²) in [7, 11) is 0. The molecule has 0 unspecified atom stereocenters. The number of amides is 3. The number of hydrogen-bond donors (Lipinski definition) is 2. The largest absolute Gasteiger partial charge is 0.452 e. The number of hydrogen-bond acceptors (Lipinski definition) is 4. The van der Waals surface area contributed by atoms with Crippen molar-refractivity contribution in [2.75, 3.05) is 6.61 Å². The lowest BCUT2D eigenvalue weighted by atomic mass is 10.1. The Bertz CT molecular complexity index is 562. The normalized spacial score (nSPS) is 14.3. The molecule has 0 saturated heterocycles. The predicted molar refractivity (Wildman–Crippen MR) is 85.0 cm³/mol. The van der Waals surface area contributed by atoms with Gasteiger partial charge in [-0.25, -0.2) is 9.59 Å². The summed E-state index contributed by atoms with van der Waals surface area (Å²) >= 11 is 0. The van der Waals surface area contributed by atoms with Crippen molar-refractivity contribution in [2.45, 2.75) is 45.1 Å². The van der Waals surface area contributed by atoms with Crippen molar-refractivity contribution in [3.63, 3.8) is 0 Å². The fraction of sp³-hybridized carbons (Fsp3) is 0.471. The number of aryl methyl sites for hydroxylation is 1. The third-order valence-corrected chi connectivity index (χ3v) is 3.88. The summed E-state index contributed by atoms with van der Waals surface area (Å²) in [4.78, 5) is 35.0. The third-order valence-electron chi connectivity index (χ3n) is 3.88. The van der Waals surface area contributed by atoms with Crippen molar-refractivity contribution in [1.29, 1.82) is 0 Å². The summed E-state index contributed by atoms with van der Waals surface area (Å²) in [5.74, 6) is -1.22. The molecule has 1 aromatic rings. The van der Waals surface area contributed by atoms with Gasteiger partial charge in [0.15, 0.2) is 6.61 Å². The topological polar surface area (TPSA) is 84.5 Å². The van der Waals surface area contributed by atoms with Crippen LogP contribution in [0.3, 0.4) is 0 Å². The third kappa shape index (κ3) is 5.39. The average Bonchev–Trinajstić information content (AvgIpc) is 3.05. The molecule has 0 aromatic heterocycles. The molecule has 3 amide bonds. The molecule has 23 heavy (non-hydrogen) atoms. The zero-order valence-electron chi connectivity index (χ0n) is 13.3. The second-order valence-corrected chi connectivity index (χ2v) is 5.63. The van der Waals surface area contributed by atoms with Crippen molar-refractivity contribution in [3.8, 4) is 0 Å². The number of nitrogens with one attached hydrogen (secondary N) is 2. The van der Waals surface area contributed by atoms with E-state index in [-0.39, 0.29) is 6.04 Å². The van der Waals surface area contributed by atoms with Gasteiger partial charge in [0, 0.05) is 6.04 Å². The first kappa shape index (κ1) is 17.0. The molecule has 6 nitrogen and oxygen atoms in total. The molecule has 1 aliphatic rings. The quantitative estimate of drug-likeness (QED) is 0.815. The minimum absolute atomic E-state index is 0.127. The van der Waals surface area contributed by atoms with Gasteiger partial charge in [-0.05, 0) is 37.0 Å². The molecule has 2 rings (SSSR count). The van der Waals surface area contributed by atoms with E-state index in [0.717, 1.165) is 37.7 Å². The molecule has 0 radical (unpaired) electrons. The lowest BCUT2D eigenvalue weighted by molar-refractivity contribution is -0.123. The van der Waals surface area contributed by atoms with Gasteiger partial charge >= 0.3 is 12.0 Å². The molecule has 0 spiro atoms. The van der Waals surface area contributed by atoms with Crippen molar-refractivity contribution in [1.82, 2.24) is 10.6 Å². The van der Waals surface area contributed by atoms with E-state index in [1.807, 2.05) is 19.1 Å². The summed E-state index contributed by atoms with van der Waals surface area (Å²) in [6.45, 7) is 1.54. The van der Waals surface area contributed by atoms with Crippen molar-refractivity contribution in [3.05, 3.63) is 35.4 Å². The molecule has 0 heterocycles. The molecule has 0 aliphatic heterocycles. The number of benzene rings is 1. The van der Waals surface area contributed by atoms with Gasteiger partial charge < -0.3 is 10.1 Å². The summed E-state index contributed by atoms with van der Waals surface area (Å²) in [6, 6.07) is 6.59. The molecule has 124 valence electrons. The SMILES string of the molecule is CCc1ccc(C(=O)OCC(=O)NC(=O)NC2CCCC2)cc1. The second kappa shape index (κ2) is 8.31. The van der Waals surface area contributed by atoms with E-state index in [1.165, 1.54) is 0 Å². The minimum Gasteiger partial charge on any atom is -0.452 e. The summed E-state index contributed by atoms with van der Waals surface area (Å²) in [6.07, 6.45) is 4.93. The second-order valence-electron chi connectivity index (χ2n) is 5.63. The summed E-state index contributed by atoms with van der Waals surface area (Å²) < 4.78 is 4.90. The average molecular weight is 318 g/mol. The van der Waals surface area contributed by atoms with E-state index < -0.39 is 24.5 Å². The van der Waals surface area contributed by atoms with E-state index in [4.69, 9.17) is 4.74 Å². The van der Waals surface area contributed by atoms with Gasteiger partial charge in [0.2, 0.25) is 0 Å². The van der Waals surface area contributed by atoms with E-state index >= 15 is 0 Å². The van der Waals surface area contributed by atoms with E-state index in [0.29, 0.717) is 5.56 Å².